The number of benzene rings is 2. The molecule has 182 valence electrons. The average molecular weight is 483 g/mol. The highest BCUT2D eigenvalue weighted by atomic mass is 19.1. The van der Waals surface area contributed by atoms with Crippen LogP contribution in [0.2, 0.25) is 0 Å². The van der Waals surface area contributed by atoms with Gasteiger partial charge >= 0.3 is 0 Å². The number of hydrogen-bond acceptors (Lipinski definition) is 5. The third kappa shape index (κ3) is 5.63. The maximum absolute atomic E-state index is 13.8. The molecule has 0 unspecified atom stereocenters. The molecule has 0 saturated carbocycles. The van der Waals surface area contributed by atoms with Crippen LogP contribution in [0.3, 0.4) is 0 Å². The molecule has 2 aromatic heterocycles. The molecule has 0 aliphatic heterocycles. The number of nitriles is 1. The van der Waals surface area contributed by atoms with Gasteiger partial charge in [0.05, 0.1) is 23.7 Å². The second-order valence-electron chi connectivity index (χ2n) is 8.88. The minimum Gasteiger partial charge on any atom is -0.334 e. The van der Waals surface area contributed by atoms with E-state index < -0.39 is 0 Å². The fourth-order valence-electron chi connectivity index (χ4n) is 4.18. The number of carbonyl (C=O) groups excluding carboxylic acids is 1. The van der Waals surface area contributed by atoms with Gasteiger partial charge in [-0.15, -0.1) is 0 Å². The van der Waals surface area contributed by atoms with Crippen molar-refractivity contribution in [3.63, 3.8) is 0 Å². The van der Waals surface area contributed by atoms with Crippen LogP contribution >= 0.6 is 0 Å². The maximum atomic E-state index is 13.8. The predicted molar refractivity (Wildman–Crippen MR) is 134 cm³/mol. The lowest BCUT2D eigenvalue weighted by Gasteiger charge is -2.23. The molecule has 4 rings (SSSR count). The molecule has 1 amide bonds. The van der Waals surface area contributed by atoms with E-state index in [1.807, 2.05) is 45.9 Å². The monoisotopic (exact) mass is 482 g/mol. The van der Waals surface area contributed by atoms with Crippen LogP contribution in [0.25, 0.3) is 5.95 Å². The molecule has 0 saturated heterocycles. The molecule has 4 aromatic rings. The summed E-state index contributed by atoms with van der Waals surface area (Å²) in [5.41, 5.74) is 6.15. The Morgan fingerprint density at radius 3 is 2.28 bits per heavy atom. The highest BCUT2D eigenvalue weighted by Crippen LogP contribution is 2.20. The first-order valence-electron chi connectivity index (χ1n) is 11.6. The zero-order valence-electron chi connectivity index (χ0n) is 20.8. The molecule has 0 N–H and O–H groups in total. The molecule has 0 atom stereocenters. The quantitative estimate of drug-likeness (QED) is 0.382. The van der Waals surface area contributed by atoms with E-state index >= 15 is 0 Å². The summed E-state index contributed by atoms with van der Waals surface area (Å²) in [5.74, 6) is 0.0106. The Hall–Kier alpha value is -4.38. The molecule has 0 aliphatic rings. The number of rotatable bonds is 7. The number of halogens is 1. The zero-order valence-corrected chi connectivity index (χ0v) is 20.8. The van der Waals surface area contributed by atoms with Gasteiger partial charge in [0, 0.05) is 35.7 Å². The first-order valence-corrected chi connectivity index (χ1v) is 11.6. The predicted octanol–water partition coefficient (Wildman–Crippen LogP) is 4.68. The van der Waals surface area contributed by atoms with E-state index in [4.69, 9.17) is 5.26 Å². The summed E-state index contributed by atoms with van der Waals surface area (Å²) < 4.78 is 15.5. The van der Waals surface area contributed by atoms with Gasteiger partial charge in [-0.25, -0.2) is 19.0 Å². The number of nitrogens with zero attached hydrogens (tertiary/aromatic N) is 6. The van der Waals surface area contributed by atoms with E-state index in [0.29, 0.717) is 23.6 Å². The summed E-state index contributed by atoms with van der Waals surface area (Å²) in [5, 5.41) is 13.7. The van der Waals surface area contributed by atoms with Crippen molar-refractivity contribution in [2.45, 2.75) is 47.2 Å². The molecule has 2 heterocycles. The largest absolute Gasteiger partial charge is 0.334 e. The summed E-state index contributed by atoms with van der Waals surface area (Å²) in [6.45, 7) is 8.16. The van der Waals surface area contributed by atoms with Gasteiger partial charge in [-0.2, -0.15) is 10.4 Å². The molecular formula is C28H27FN6O. The van der Waals surface area contributed by atoms with Crippen LogP contribution < -0.4 is 0 Å². The fraction of sp³-hybridized carbons (Fsp3) is 0.250. The molecule has 0 fully saturated rings. The molecule has 36 heavy (non-hydrogen) atoms. The Balaban J connectivity index is 1.63. The van der Waals surface area contributed by atoms with Gasteiger partial charge in [0.15, 0.2) is 0 Å². The van der Waals surface area contributed by atoms with E-state index in [-0.39, 0.29) is 24.7 Å². The lowest BCUT2D eigenvalue weighted by molar-refractivity contribution is -0.131. The summed E-state index contributed by atoms with van der Waals surface area (Å²) in [7, 11) is 0. The first-order chi connectivity index (χ1) is 17.2. The van der Waals surface area contributed by atoms with Gasteiger partial charge in [0.2, 0.25) is 5.91 Å². The van der Waals surface area contributed by atoms with Crippen molar-refractivity contribution in [3.8, 4) is 12.0 Å². The van der Waals surface area contributed by atoms with Crippen molar-refractivity contribution >= 4 is 5.91 Å². The van der Waals surface area contributed by atoms with Gasteiger partial charge in [-0.05, 0) is 69.2 Å². The van der Waals surface area contributed by atoms with E-state index in [0.717, 1.165) is 33.9 Å². The van der Waals surface area contributed by atoms with Gasteiger partial charge in [-0.1, -0.05) is 24.3 Å². The number of carbonyl (C=O) groups is 1. The number of hydrogen-bond donors (Lipinski definition) is 0. The first kappa shape index (κ1) is 24.7. The van der Waals surface area contributed by atoms with Crippen LogP contribution in [0.5, 0.6) is 0 Å². The molecule has 2 aromatic carbocycles. The molecule has 0 spiro atoms. The van der Waals surface area contributed by atoms with Gasteiger partial charge in [0.25, 0.3) is 5.95 Å². The lowest BCUT2D eigenvalue weighted by atomic mass is 10.1. The Morgan fingerprint density at radius 1 is 0.972 bits per heavy atom. The van der Waals surface area contributed by atoms with Crippen LogP contribution in [0.15, 0.2) is 54.6 Å². The van der Waals surface area contributed by atoms with Crippen LogP contribution in [0.1, 0.15) is 45.0 Å². The Labute approximate surface area is 209 Å². The smallest absolute Gasteiger partial charge is 0.251 e. The number of aromatic nitrogens is 4. The van der Waals surface area contributed by atoms with E-state index in [9.17, 15) is 9.18 Å². The zero-order chi connectivity index (χ0) is 25.8. The van der Waals surface area contributed by atoms with Crippen LogP contribution in [-0.4, -0.2) is 30.6 Å². The van der Waals surface area contributed by atoms with Crippen molar-refractivity contribution in [2.24, 2.45) is 0 Å². The van der Waals surface area contributed by atoms with E-state index in [1.54, 1.807) is 33.8 Å². The summed E-state index contributed by atoms with van der Waals surface area (Å²) in [4.78, 5) is 24.3. The number of aryl methyl sites for hydroxylation is 3. The molecular weight excluding hydrogens is 455 g/mol. The molecule has 0 radical (unpaired) electrons. The van der Waals surface area contributed by atoms with E-state index in [2.05, 4.69) is 21.1 Å². The Bertz CT molecular complexity index is 1430. The average Bonchev–Trinajstić information content (AvgIpc) is 3.12. The number of amides is 1. The highest BCUT2D eigenvalue weighted by Gasteiger charge is 2.22. The van der Waals surface area contributed by atoms with Gasteiger partial charge in [-0.3, -0.25) is 4.79 Å². The van der Waals surface area contributed by atoms with Crippen molar-refractivity contribution in [2.75, 3.05) is 0 Å². The second kappa shape index (κ2) is 10.5. The van der Waals surface area contributed by atoms with Crippen LogP contribution in [0.4, 0.5) is 4.39 Å². The van der Waals surface area contributed by atoms with Crippen molar-refractivity contribution in [3.05, 3.63) is 105 Å². The second-order valence-corrected chi connectivity index (χ2v) is 8.88. The third-order valence-corrected chi connectivity index (χ3v) is 6.00. The molecule has 8 heteroatoms. The summed E-state index contributed by atoms with van der Waals surface area (Å²) >= 11 is 0. The standard InChI is InChI=1S/C28H27FN6O/c1-18-12-19(2)32-28(31-18)35-21(4)26(20(3)33-35)14-27(36)34(17-24-6-5-7-25(29)13-24)16-23-10-8-22(15-30)9-11-23/h5-13H,14,16-17H2,1-4H3. The van der Waals surface area contributed by atoms with Crippen LogP contribution in [-0.2, 0) is 24.3 Å². The lowest BCUT2D eigenvalue weighted by Crippen LogP contribution is -2.31. The third-order valence-electron chi connectivity index (χ3n) is 6.00. The highest BCUT2D eigenvalue weighted by molar-refractivity contribution is 5.79. The normalized spacial score (nSPS) is 10.8. The van der Waals surface area contributed by atoms with E-state index in [1.165, 1.54) is 12.1 Å². The van der Waals surface area contributed by atoms with Crippen LogP contribution in [0, 0.1) is 44.8 Å². The van der Waals surface area contributed by atoms with Gasteiger partial charge < -0.3 is 4.90 Å². The van der Waals surface area contributed by atoms with Crippen molar-refractivity contribution in [1.29, 1.82) is 5.26 Å². The maximum Gasteiger partial charge on any atom is 0.251 e. The SMILES string of the molecule is Cc1cc(C)nc(-n2nc(C)c(CC(=O)N(Cc3ccc(C#N)cc3)Cc3cccc(F)c3)c2C)n1. The minimum atomic E-state index is -0.348. The topological polar surface area (TPSA) is 87.7 Å². The Kier molecular flexibility index (Phi) is 7.20. The fourth-order valence-corrected chi connectivity index (χ4v) is 4.18. The minimum absolute atomic E-state index is 0.115. The molecule has 0 bridgehead atoms. The molecule has 7 nitrogen and oxygen atoms in total. The molecule has 0 aliphatic carbocycles. The summed E-state index contributed by atoms with van der Waals surface area (Å²) in [6.07, 6.45) is 0.133. The summed E-state index contributed by atoms with van der Waals surface area (Å²) in [6, 6.07) is 17.4. The van der Waals surface area contributed by atoms with Crippen molar-refractivity contribution < 1.29 is 9.18 Å². The van der Waals surface area contributed by atoms with Crippen molar-refractivity contribution in [1.82, 2.24) is 24.6 Å². The van der Waals surface area contributed by atoms with Gasteiger partial charge in [0.1, 0.15) is 5.82 Å². The Morgan fingerprint density at radius 2 is 1.64 bits per heavy atom.